The Morgan fingerprint density at radius 3 is 2.47 bits per heavy atom. The predicted octanol–water partition coefficient (Wildman–Crippen LogP) is 2.47. The summed E-state index contributed by atoms with van der Waals surface area (Å²) >= 11 is 0. The standard InChI is InChI=1S/C14H27NO2/c1-14-6-8-15(9-7-14)10-13-17-12-5-3-4-11-16-2/h1,3-13H2,2H3. The second-order valence-corrected chi connectivity index (χ2v) is 4.76. The molecule has 1 aliphatic heterocycles. The van der Waals surface area contributed by atoms with E-state index in [4.69, 9.17) is 9.47 Å². The van der Waals surface area contributed by atoms with Gasteiger partial charge in [0.05, 0.1) is 6.61 Å². The van der Waals surface area contributed by atoms with E-state index in [9.17, 15) is 0 Å². The van der Waals surface area contributed by atoms with Crippen molar-refractivity contribution >= 4 is 0 Å². The number of hydrogen-bond donors (Lipinski definition) is 0. The van der Waals surface area contributed by atoms with E-state index < -0.39 is 0 Å². The zero-order valence-corrected chi connectivity index (χ0v) is 11.2. The van der Waals surface area contributed by atoms with Crippen LogP contribution in [0.25, 0.3) is 0 Å². The first-order valence-corrected chi connectivity index (χ1v) is 6.78. The Hall–Kier alpha value is -0.380. The number of hydrogen-bond acceptors (Lipinski definition) is 3. The van der Waals surface area contributed by atoms with Gasteiger partial charge < -0.3 is 14.4 Å². The molecule has 1 rings (SSSR count). The molecule has 0 spiro atoms. The van der Waals surface area contributed by atoms with E-state index >= 15 is 0 Å². The van der Waals surface area contributed by atoms with Crippen molar-refractivity contribution in [2.75, 3.05) is 46.6 Å². The second-order valence-electron chi connectivity index (χ2n) is 4.76. The van der Waals surface area contributed by atoms with Crippen LogP contribution in [0.4, 0.5) is 0 Å². The van der Waals surface area contributed by atoms with Crippen LogP contribution in [0.15, 0.2) is 12.2 Å². The van der Waals surface area contributed by atoms with Gasteiger partial charge in [-0.25, -0.2) is 0 Å². The maximum absolute atomic E-state index is 5.64. The monoisotopic (exact) mass is 241 g/mol. The zero-order valence-electron chi connectivity index (χ0n) is 11.2. The van der Waals surface area contributed by atoms with Gasteiger partial charge in [0.1, 0.15) is 0 Å². The third-order valence-corrected chi connectivity index (χ3v) is 3.25. The SMILES string of the molecule is C=C1CCN(CCOCCCCCOC)CC1. The first-order valence-electron chi connectivity index (χ1n) is 6.78. The molecule has 0 atom stereocenters. The van der Waals surface area contributed by atoms with Crippen molar-refractivity contribution in [3.8, 4) is 0 Å². The quantitative estimate of drug-likeness (QED) is 0.457. The molecule has 3 heteroatoms. The van der Waals surface area contributed by atoms with Crippen LogP contribution in [0.3, 0.4) is 0 Å². The molecular formula is C14H27NO2. The van der Waals surface area contributed by atoms with Crippen molar-refractivity contribution in [1.82, 2.24) is 4.90 Å². The highest BCUT2D eigenvalue weighted by Crippen LogP contribution is 2.13. The Kier molecular flexibility index (Phi) is 8.32. The Balaban J connectivity index is 1.82. The van der Waals surface area contributed by atoms with Gasteiger partial charge in [-0.2, -0.15) is 0 Å². The van der Waals surface area contributed by atoms with Gasteiger partial charge >= 0.3 is 0 Å². The third-order valence-electron chi connectivity index (χ3n) is 3.25. The molecule has 0 aromatic rings. The second kappa shape index (κ2) is 9.63. The van der Waals surface area contributed by atoms with Crippen molar-refractivity contribution < 1.29 is 9.47 Å². The molecule has 0 bridgehead atoms. The van der Waals surface area contributed by atoms with E-state index in [1.54, 1.807) is 7.11 Å². The molecule has 1 aliphatic rings. The Bertz CT molecular complexity index is 196. The van der Waals surface area contributed by atoms with Gasteiger partial charge in [-0.15, -0.1) is 0 Å². The van der Waals surface area contributed by atoms with Gasteiger partial charge in [0.2, 0.25) is 0 Å². The molecule has 3 nitrogen and oxygen atoms in total. The first-order chi connectivity index (χ1) is 8.33. The summed E-state index contributed by atoms with van der Waals surface area (Å²) in [7, 11) is 1.75. The lowest BCUT2D eigenvalue weighted by Crippen LogP contribution is -2.33. The molecular weight excluding hydrogens is 214 g/mol. The molecule has 17 heavy (non-hydrogen) atoms. The largest absolute Gasteiger partial charge is 0.385 e. The summed E-state index contributed by atoms with van der Waals surface area (Å²) in [6.45, 7) is 10.1. The van der Waals surface area contributed by atoms with E-state index in [-0.39, 0.29) is 0 Å². The minimum atomic E-state index is 0.872. The van der Waals surface area contributed by atoms with Crippen molar-refractivity contribution in [2.24, 2.45) is 0 Å². The summed E-state index contributed by atoms with van der Waals surface area (Å²) in [6, 6.07) is 0. The molecule has 0 aromatic carbocycles. The summed E-state index contributed by atoms with van der Waals surface area (Å²) in [5, 5.41) is 0. The van der Waals surface area contributed by atoms with Crippen molar-refractivity contribution in [2.45, 2.75) is 32.1 Å². The Labute approximate surface area is 106 Å². The Morgan fingerprint density at radius 1 is 1.06 bits per heavy atom. The summed E-state index contributed by atoms with van der Waals surface area (Å²) < 4.78 is 10.6. The molecule has 0 unspecified atom stereocenters. The lowest BCUT2D eigenvalue weighted by atomic mass is 10.1. The van der Waals surface area contributed by atoms with Gasteiger partial charge in [0, 0.05) is 40.0 Å². The van der Waals surface area contributed by atoms with Gasteiger partial charge in [0.25, 0.3) is 0 Å². The fourth-order valence-electron chi connectivity index (χ4n) is 2.02. The first kappa shape index (κ1) is 14.7. The van der Waals surface area contributed by atoms with Crippen molar-refractivity contribution in [1.29, 1.82) is 0 Å². The zero-order chi connectivity index (χ0) is 12.3. The van der Waals surface area contributed by atoms with Crippen LogP contribution in [-0.4, -0.2) is 51.5 Å². The van der Waals surface area contributed by atoms with Crippen LogP contribution in [0.2, 0.25) is 0 Å². The maximum atomic E-state index is 5.64. The molecule has 0 N–H and O–H groups in total. The third kappa shape index (κ3) is 7.53. The molecule has 0 amide bonds. The number of unbranched alkanes of at least 4 members (excludes halogenated alkanes) is 2. The van der Waals surface area contributed by atoms with E-state index in [0.717, 1.165) is 65.1 Å². The average Bonchev–Trinajstić information content (AvgIpc) is 2.35. The molecule has 0 aliphatic carbocycles. The van der Waals surface area contributed by atoms with E-state index in [1.807, 2.05) is 0 Å². The van der Waals surface area contributed by atoms with Crippen LogP contribution in [0.5, 0.6) is 0 Å². The van der Waals surface area contributed by atoms with Gasteiger partial charge in [-0.3, -0.25) is 0 Å². The molecule has 1 saturated heterocycles. The van der Waals surface area contributed by atoms with E-state index in [2.05, 4.69) is 11.5 Å². The van der Waals surface area contributed by atoms with E-state index in [1.165, 1.54) is 12.0 Å². The fraction of sp³-hybridized carbons (Fsp3) is 0.857. The van der Waals surface area contributed by atoms with Gasteiger partial charge in [-0.05, 0) is 32.1 Å². The number of methoxy groups -OCH3 is 1. The molecule has 1 heterocycles. The maximum Gasteiger partial charge on any atom is 0.0593 e. The summed E-state index contributed by atoms with van der Waals surface area (Å²) in [6.07, 6.45) is 5.83. The van der Waals surface area contributed by atoms with Crippen LogP contribution in [0, 0.1) is 0 Å². The van der Waals surface area contributed by atoms with Crippen LogP contribution >= 0.6 is 0 Å². The van der Waals surface area contributed by atoms with Crippen LogP contribution in [0.1, 0.15) is 32.1 Å². The van der Waals surface area contributed by atoms with Crippen molar-refractivity contribution in [3.63, 3.8) is 0 Å². The number of likely N-dealkylation sites (tertiary alicyclic amines) is 1. The molecule has 1 fully saturated rings. The summed E-state index contributed by atoms with van der Waals surface area (Å²) in [4.78, 5) is 2.47. The molecule has 0 radical (unpaired) electrons. The minimum Gasteiger partial charge on any atom is -0.385 e. The number of piperidine rings is 1. The van der Waals surface area contributed by atoms with Gasteiger partial charge in [0.15, 0.2) is 0 Å². The summed E-state index contributed by atoms with van der Waals surface area (Å²) in [5.41, 5.74) is 1.40. The van der Waals surface area contributed by atoms with Gasteiger partial charge in [-0.1, -0.05) is 12.2 Å². The highest BCUT2D eigenvalue weighted by atomic mass is 16.5. The Morgan fingerprint density at radius 2 is 1.76 bits per heavy atom. The lowest BCUT2D eigenvalue weighted by Gasteiger charge is -2.27. The fourth-order valence-corrected chi connectivity index (χ4v) is 2.02. The normalized spacial score (nSPS) is 17.6. The number of rotatable bonds is 9. The molecule has 100 valence electrons. The summed E-state index contributed by atoms with van der Waals surface area (Å²) in [5.74, 6) is 0. The smallest absolute Gasteiger partial charge is 0.0593 e. The number of nitrogens with zero attached hydrogens (tertiary/aromatic N) is 1. The number of ether oxygens (including phenoxy) is 2. The molecule has 0 saturated carbocycles. The topological polar surface area (TPSA) is 21.7 Å². The highest BCUT2D eigenvalue weighted by Gasteiger charge is 2.11. The highest BCUT2D eigenvalue weighted by molar-refractivity contribution is 4.98. The predicted molar refractivity (Wildman–Crippen MR) is 71.4 cm³/mol. The average molecular weight is 241 g/mol. The van der Waals surface area contributed by atoms with E-state index in [0.29, 0.717) is 0 Å². The molecule has 0 aromatic heterocycles. The lowest BCUT2D eigenvalue weighted by molar-refractivity contribution is 0.0963. The van der Waals surface area contributed by atoms with Crippen LogP contribution < -0.4 is 0 Å². The van der Waals surface area contributed by atoms with Crippen molar-refractivity contribution in [3.05, 3.63) is 12.2 Å². The minimum absolute atomic E-state index is 0.872. The van der Waals surface area contributed by atoms with Crippen LogP contribution in [-0.2, 0) is 9.47 Å².